The standard InChI is InChI=1S/C15H20N4O4/c1-10-5-12(23-17-10)7-15(22)18-3-2-4-19-11(8-18)6-13(16-19)14(21)9-20/h5-6,14,20-21H,2-4,7-9H2,1H3/t14-/m0/s1. The number of rotatable bonds is 4. The number of hydrogen-bond donors (Lipinski definition) is 2. The first-order chi connectivity index (χ1) is 11.1. The predicted octanol–water partition coefficient (Wildman–Crippen LogP) is 0.180. The Bertz CT molecular complexity index is 693. The number of fused-ring (bicyclic) bond motifs is 1. The Hall–Kier alpha value is -2.19. The van der Waals surface area contributed by atoms with E-state index in [2.05, 4.69) is 10.3 Å². The minimum absolute atomic E-state index is 0.0277. The molecule has 0 unspecified atom stereocenters. The summed E-state index contributed by atoms with van der Waals surface area (Å²) >= 11 is 0. The van der Waals surface area contributed by atoms with Gasteiger partial charge in [0.05, 0.1) is 36.7 Å². The molecule has 0 aliphatic carbocycles. The highest BCUT2D eigenvalue weighted by molar-refractivity contribution is 5.78. The molecule has 2 N–H and O–H groups in total. The first kappa shape index (κ1) is 15.7. The molecule has 1 aliphatic heterocycles. The number of aliphatic hydroxyl groups is 2. The summed E-state index contributed by atoms with van der Waals surface area (Å²) < 4.78 is 6.89. The number of amides is 1. The van der Waals surface area contributed by atoms with Gasteiger partial charge in [0.2, 0.25) is 5.91 Å². The van der Waals surface area contributed by atoms with Gasteiger partial charge >= 0.3 is 0 Å². The summed E-state index contributed by atoms with van der Waals surface area (Å²) in [6.07, 6.45) is -0.0261. The van der Waals surface area contributed by atoms with Crippen LogP contribution in [0.4, 0.5) is 0 Å². The molecule has 0 bridgehead atoms. The lowest BCUT2D eigenvalue weighted by Crippen LogP contribution is -2.31. The number of carbonyl (C=O) groups excluding carboxylic acids is 1. The quantitative estimate of drug-likeness (QED) is 0.833. The van der Waals surface area contributed by atoms with Crippen molar-refractivity contribution < 1.29 is 19.5 Å². The second-order valence-corrected chi connectivity index (χ2v) is 5.76. The van der Waals surface area contributed by atoms with E-state index in [0.717, 1.165) is 17.8 Å². The van der Waals surface area contributed by atoms with Crippen LogP contribution in [0.1, 0.15) is 35.4 Å². The zero-order valence-electron chi connectivity index (χ0n) is 13.0. The third kappa shape index (κ3) is 3.43. The molecule has 8 nitrogen and oxygen atoms in total. The summed E-state index contributed by atoms with van der Waals surface area (Å²) in [7, 11) is 0. The number of aliphatic hydroxyl groups excluding tert-OH is 2. The molecule has 23 heavy (non-hydrogen) atoms. The second kappa shape index (κ2) is 6.51. The average molecular weight is 320 g/mol. The van der Waals surface area contributed by atoms with Crippen LogP contribution < -0.4 is 0 Å². The molecule has 0 saturated carbocycles. The minimum Gasteiger partial charge on any atom is -0.393 e. The Morgan fingerprint density at radius 2 is 2.26 bits per heavy atom. The molecular weight excluding hydrogens is 300 g/mol. The Morgan fingerprint density at radius 1 is 1.43 bits per heavy atom. The molecule has 3 rings (SSSR count). The van der Waals surface area contributed by atoms with Crippen LogP contribution in [0, 0.1) is 6.92 Å². The molecule has 3 heterocycles. The van der Waals surface area contributed by atoms with Crippen molar-refractivity contribution in [2.75, 3.05) is 13.2 Å². The fraction of sp³-hybridized carbons (Fsp3) is 0.533. The first-order valence-corrected chi connectivity index (χ1v) is 7.62. The minimum atomic E-state index is -0.990. The predicted molar refractivity (Wildman–Crippen MR) is 79.3 cm³/mol. The lowest BCUT2D eigenvalue weighted by molar-refractivity contribution is -0.131. The molecule has 0 radical (unpaired) electrons. The summed E-state index contributed by atoms with van der Waals surface area (Å²) in [5.74, 6) is 0.529. The van der Waals surface area contributed by atoms with Gasteiger partial charge in [-0.2, -0.15) is 5.10 Å². The topological polar surface area (TPSA) is 105 Å². The third-order valence-electron chi connectivity index (χ3n) is 3.90. The van der Waals surface area contributed by atoms with Crippen LogP contribution in [0.15, 0.2) is 16.7 Å². The van der Waals surface area contributed by atoms with E-state index >= 15 is 0 Å². The maximum Gasteiger partial charge on any atom is 0.230 e. The molecule has 2 aromatic heterocycles. The summed E-state index contributed by atoms with van der Waals surface area (Å²) in [6.45, 7) is 3.20. The van der Waals surface area contributed by atoms with Crippen LogP contribution in [-0.4, -0.2) is 49.1 Å². The molecule has 0 fully saturated rings. The fourth-order valence-corrected chi connectivity index (χ4v) is 2.71. The molecule has 1 amide bonds. The number of hydrogen-bond acceptors (Lipinski definition) is 6. The van der Waals surface area contributed by atoms with Crippen molar-refractivity contribution in [1.29, 1.82) is 0 Å². The van der Waals surface area contributed by atoms with Gasteiger partial charge < -0.3 is 19.6 Å². The van der Waals surface area contributed by atoms with Gasteiger partial charge in [0.1, 0.15) is 11.9 Å². The Kier molecular flexibility index (Phi) is 4.44. The van der Waals surface area contributed by atoms with Crippen LogP contribution in [0.25, 0.3) is 0 Å². The van der Waals surface area contributed by atoms with E-state index in [4.69, 9.17) is 9.63 Å². The van der Waals surface area contributed by atoms with E-state index in [1.54, 1.807) is 21.7 Å². The largest absolute Gasteiger partial charge is 0.393 e. The van der Waals surface area contributed by atoms with Crippen molar-refractivity contribution >= 4 is 5.91 Å². The van der Waals surface area contributed by atoms with E-state index in [9.17, 15) is 9.90 Å². The zero-order valence-corrected chi connectivity index (χ0v) is 13.0. The molecule has 124 valence electrons. The third-order valence-corrected chi connectivity index (χ3v) is 3.90. The van der Waals surface area contributed by atoms with Gasteiger partial charge in [-0.1, -0.05) is 5.16 Å². The van der Waals surface area contributed by atoms with Crippen LogP contribution in [-0.2, 0) is 24.3 Å². The Morgan fingerprint density at radius 3 is 2.96 bits per heavy atom. The highest BCUT2D eigenvalue weighted by atomic mass is 16.5. The van der Waals surface area contributed by atoms with Crippen molar-refractivity contribution in [3.63, 3.8) is 0 Å². The van der Waals surface area contributed by atoms with Crippen molar-refractivity contribution in [2.24, 2.45) is 0 Å². The maximum atomic E-state index is 12.5. The molecule has 1 atom stereocenters. The summed E-state index contributed by atoms with van der Waals surface area (Å²) in [4.78, 5) is 14.2. The van der Waals surface area contributed by atoms with Crippen molar-refractivity contribution in [3.8, 4) is 0 Å². The molecule has 2 aromatic rings. The van der Waals surface area contributed by atoms with Crippen LogP contribution in [0.5, 0.6) is 0 Å². The molecule has 0 spiro atoms. The van der Waals surface area contributed by atoms with Gasteiger partial charge in [-0.15, -0.1) is 0 Å². The number of carbonyl (C=O) groups is 1. The molecule has 8 heteroatoms. The smallest absolute Gasteiger partial charge is 0.230 e. The summed E-state index contributed by atoms with van der Waals surface area (Å²) in [5.41, 5.74) is 2.04. The molecular formula is C15H20N4O4. The highest BCUT2D eigenvalue weighted by Crippen LogP contribution is 2.18. The molecule has 1 aliphatic rings. The van der Waals surface area contributed by atoms with E-state index in [1.807, 2.05) is 6.92 Å². The summed E-state index contributed by atoms with van der Waals surface area (Å²) in [6, 6.07) is 3.50. The van der Waals surface area contributed by atoms with Crippen molar-refractivity contribution in [1.82, 2.24) is 19.8 Å². The normalized spacial score (nSPS) is 16.0. The van der Waals surface area contributed by atoms with Crippen LogP contribution >= 0.6 is 0 Å². The molecule has 0 saturated heterocycles. The SMILES string of the molecule is Cc1cc(CC(=O)N2CCCn3nc([C@@H](O)CO)cc3C2)on1. The van der Waals surface area contributed by atoms with Crippen LogP contribution in [0.2, 0.25) is 0 Å². The van der Waals surface area contributed by atoms with Gasteiger partial charge in [-0.05, 0) is 19.4 Å². The van der Waals surface area contributed by atoms with Gasteiger partial charge in [0, 0.05) is 19.2 Å². The lowest BCUT2D eigenvalue weighted by atomic mass is 10.2. The van der Waals surface area contributed by atoms with Gasteiger partial charge in [0.25, 0.3) is 0 Å². The Labute approximate surface area is 133 Å². The average Bonchev–Trinajstić information content (AvgIpc) is 3.07. The monoisotopic (exact) mass is 320 g/mol. The maximum absolute atomic E-state index is 12.5. The van der Waals surface area contributed by atoms with Crippen molar-refractivity contribution in [2.45, 2.75) is 39.0 Å². The van der Waals surface area contributed by atoms with Gasteiger partial charge in [-0.25, -0.2) is 0 Å². The fourth-order valence-electron chi connectivity index (χ4n) is 2.71. The number of aryl methyl sites for hydroxylation is 2. The van der Waals surface area contributed by atoms with E-state index in [-0.39, 0.29) is 18.9 Å². The van der Waals surface area contributed by atoms with E-state index < -0.39 is 6.10 Å². The number of nitrogens with zero attached hydrogens (tertiary/aromatic N) is 4. The van der Waals surface area contributed by atoms with E-state index in [1.165, 1.54) is 0 Å². The summed E-state index contributed by atoms with van der Waals surface area (Å²) in [5, 5.41) is 26.8. The highest BCUT2D eigenvalue weighted by Gasteiger charge is 2.23. The van der Waals surface area contributed by atoms with E-state index in [0.29, 0.717) is 31.1 Å². The number of aromatic nitrogens is 3. The van der Waals surface area contributed by atoms with Gasteiger partial charge in [0.15, 0.2) is 0 Å². The first-order valence-electron chi connectivity index (χ1n) is 7.62. The lowest BCUT2D eigenvalue weighted by Gasteiger charge is -2.19. The Balaban J connectivity index is 1.72. The molecule has 0 aromatic carbocycles. The van der Waals surface area contributed by atoms with Crippen molar-refractivity contribution in [3.05, 3.63) is 35.0 Å². The van der Waals surface area contributed by atoms with Gasteiger partial charge in [-0.3, -0.25) is 9.48 Å². The zero-order chi connectivity index (χ0) is 16.4. The van der Waals surface area contributed by atoms with Crippen LogP contribution in [0.3, 0.4) is 0 Å². The second-order valence-electron chi connectivity index (χ2n) is 5.76.